The van der Waals surface area contributed by atoms with E-state index in [0.717, 1.165) is 12.1 Å². The Morgan fingerprint density at radius 2 is 1.63 bits per heavy atom. The highest BCUT2D eigenvalue weighted by molar-refractivity contribution is 8.17. The van der Waals surface area contributed by atoms with Crippen LogP contribution in [0.15, 0.2) is 40.3 Å². The summed E-state index contributed by atoms with van der Waals surface area (Å²) in [6.45, 7) is 9.24. The van der Waals surface area contributed by atoms with E-state index in [9.17, 15) is 31.5 Å². The van der Waals surface area contributed by atoms with Crippen molar-refractivity contribution in [3.05, 3.63) is 46.6 Å². The fourth-order valence-electron chi connectivity index (χ4n) is 7.17. The smallest absolute Gasteiger partial charge is 0.416 e. The number of benzene rings is 1. The number of alkyl halides is 5. The molecule has 1 amide bonds. The van der Waals surface area contributed by atoms with Crippen LogP contribution in [0.3, 0.4) is 0 Å². The van der Waals surface area contributed by atoms with Gasteiger partial charge in [-0.05, 0) is 70.9 Å². The van der Waals surface area contributed by atoms with Crippen LogP contribution in [0, 0.1) is 0 Å². The average molecular weight is 713 g/mol. The Morgan fingerprint density at radius 3 is 2.22 bits per heavy atom. The largest absolute Gasteiger partial charge is 0.457 e. The van der Waals surface area contributed by atoms with Crippen LogP contribution < -0.4 is 15.3 Å². The molecular weight excluding hydrogens is 671 g/mol. The summed E-state index contributed by atoms with van der Waals surface area (Å²) in [6.07, 6.45) is -3.46. The Kier molecular flexibility index (Phi) is 9.24. The second-order valence-electron chi connectivity index (χ2n) is 14.2. The van der Waals surface area contributed by atoms with Gasteiger partial charge in [-0.2, -0.15) is 18.2 Å². The number of carbonyl (C=O) groups excluding carboxylic acids is 1. The molecule has 1 saturated carbocycles. The fraction of sp³-hybridized carbons (Fsp3) is 0.606. The number of carbonyl (C=O) groups is 1. The monoisotopic (exact) mass is 712 g/mol. The molecule has 2 aromatic heterocycles. The van der Waals surface area contributed by atoms with Crippen molar-refractivity contribution < 1.29 is 36.2 Å². The van der Waals surface area contributed by atoms with Crippen molar-refractivity contribution in [2.45, 2.75) is 113 Å². The highest BCUT2D eigenvalue weighted by Gasteiger charge is 2.42. The van der Waals surface area contributed by atoms with Gasteiger partial charge in [-0.25, -0.2) is 39.2 Å². The third kappa shape index (κ3) is 7.43. The summed E-state index contributed by atoms with van der Waals surface area (Å²) in [5.41, 5.74) is -2.00. The molecule has 2 aliphatic heterocycles. The van der Waals surface area contributed by atoms with E-state index in [1.165, 1.54) is 17.0 Å². The standard InChI is InChI=1S/C33H41F5N6O4S/c1-19-15-42(16-20(2)44(19)30(46)48-31(3,4)5)27-24-13-21(33(36,37)38)14-25-26(24)43(29(45)41-27)17-22(47-28-39-11-6-12-40-28)18-49(25)23-7-9-32(34,35)10-8-23/h6,11-14,19-20,22-23,49H,7-10,15-18H2,1-5H3/t19-,20+,22-/m0/s1. The molecule has 4 atom stereocenters. The molecule has 1 saturated heterocycles. The molecular formula is C33H41F5N6O4S. The highest BCUT2D eigenvalue weighted by Crippen LogP contribution is 2.54. The Bertz CT molecular complexity index is 1750. The minimum absolute atomic E-state index is 0.0410. The molecule has 0 N–H and O–H groups in total. The van der Waals surface area contributed by atoms with Gasteiger partial charge in [0, 0.05) is 54.4 Å². The van der Waals surface area contributed by atoms with Gasteiger partial charge in [-0.1, -0.05) is 0 Å². The molecule has 1 unspecified atom stereocenters. The maximum atomic E-state index is 14.6. The number of nitrogens with zero attached hydrogens (tertiary/aromatic N) is 6. The van der Waals surface area contributed by atoms with Crippen LogP contribution in [-0.4, -0.2) is 84.3 Å². The lowest BCUT2D eigenvalue weighted by molar-refractivity contribution is -0.137. The first-order valence-electron chi connectivity index (χ1n) is 16.4. The summed E-state index contributed by atoms with van der Waals surface area (Å²) in [7, 11) is -1.54. The van der Waals surface area contributed by atoms with Gasteiger partial charge >= 0.3 is 24.0 Å². The molecule has 268 valence electrons. The lowest BCUT2D eigenvalue weighted by Gasteiger charge is -2.45. The molecule has 4 heterocycles. The molecule has 0 radical (unpaired) electrons. The van der Waals surface area contributed by atoms with Gasteiger partial charge in [0.1, 0.15) is 17.5 Å². The van der Waals surface area contributed by atoms with Gasteiger partial charge in [0.2, 0.25) is 5.92 Å². The van der Waals surface area contributed by atoms with Gasteiger partial charge in [0.05, 0.1) is 29.7 Å². The Labute approximate surface area is 283 Å². The van der Waals surface area contributed by atoms with Crippen molar-refractivity contribution in [2.24, 2.45) is 0 Å². The first-order valence-corrected chi connectivity index (χ1v) is 18.0. The molecule has 3 aromatic rings. The summed E-state index contributed by atoms with van der Waals surface area (Å²) in [5, 5.41) is -0.181. The third-order valence-electron chi connectivity index (χ3n) is 9.22. The first kappa shape index (κ1) is 35.1. The minimum atomic E-state index is -4.74. The molecule has 6 rings (SSSR count). The number of thiol groups is 1. The van der Waals surface area contributed by atoms with Crippen molar-refractivity contribution in [3.63, 3.8) is 0 Å². The molecule has 3 aliphatic rings. The Hall–Kier alpha value is -3.69. The number of hydrogen-bond donors (Lipinski definition) is 1. The number of aromatic nitrogens is 4. The Balaban J connectivity index is 1.49. The van der Waals surface area contributed by atoms with E-state index in [0.29, 0.717) is 10.4 Å². The van der Waals surface area contributed by atoms with Crippen molar-refractivity contribution in [2.75, 3.05) is 23.7 Å². The van der Waals surface area contributed by atoms with Gasteiger partial charge in [0.15, 0.2) is 0 Å². The minimum Gasteiger partial charge on any atom is -0.457 e. The van der Waals surface area contributed by atoms with Gasteiger partial charge in [-0.15, -0.1) is 0 Å². The maximum absolute atomic E-state index is 14.6. The molecule has 1 aliphatic carbocycles. The topological polar surface area (TPSA) is 103 Å². The van der Waals surface area contributed by atoms with Gasteiger partial charge in [0.25, 0.3) is 0 Å². The molecule has 49 heavy (non-hydrogen) atoms. The molecule has 16 heteroatoms. The van der Waals surface area contributed by atoms with Gasteiger partial charge in [-0.3, -0.25) is 9.47 Å². The van der Waals surface area contributed by atoms with E-state index in [2.05, 4.69) is 15.0 Å². The van der Waals surface area contributed by atoms with Crippen LogP contribution in [0.4, 0.5) is 32.6 Å². The number of anilines is 1. The molecule has 0 spiro atoms. The van der Waals surface area contributed by atoms with Crippen LogP contribution in [-0.2, 0) is 17.5 Å². The normalized spacial score (nSPS) is 25.6. The van der Waals surface area contributed by atoms with E-state index >= 15 is 0 Å². The molecule has 0 bridgehead atoms. The zero-order valence-corrected chi connectivity index (χ0v) is 28.9. The molecule has 1 aromatic carbocycles. The Morgan fingerprint density at radius 1 is 1.00 bits per heavy atom. The first-order chi connectivity index (χ1) is 22.9. The lowest BCUT2D eigenvalue weighted by Crippen LogP contribution is -2.59. The predicted molar refractivity (Wildman–Crippen MR) is 176 cm³/mol. The fourth-order valence-corrected chi connectivity index (χ4v) is 10.4. The lowest BCUT2D eigenvalue weighted by atomic mass is 9.96. The second-order valence-corrected chi connectivity index (χ2v) is 16.7. The summed E-state index contributed by atoms with van der Waals surface area (Å²) in [6, 6.07) is 2.91. The van der Waals surface area contributed by atoms with Crippen molar-refractivity contribution in [1.82, 2.24) is 24.4 Å². The summed E-state index contributed by atoms with van der Waals surface area (Å²) < 4.78 is 85.7. The van der Waals surface area contributed by atoms with Crippen LogP contribution in [0.2, 0.25) is 0 Å². The van der Waals surface area contributed by atoms with E-state index in [1.54, 1.807) is 36.6 Å². The highest BCUT2D eigenvalue weighted by atomic mass is 32.2. The van der Waals surface area contributed by atoms with E-state index in [4.69, 9.17) is 9.47 Å². The van der Waals surface area contributed by atoms with Crippen LogP contribution in [0.25, 0.3) is 10.9 Å². The van der Waals surface area contributed by atoms with E-state index in [-0.39, 0.29) is 73.5 Å². The number of rotatable bonds is 4. The molecule has 2 fully saturated rings. The van der Waals surface area contributed by atoms with Gasteiger partial charge < -0.3 is 14.4 Å². The third-order valence-corrected chi connectivity index (χ3v) is 12.4. The zero-order valence-electron chi connectivity index (χ0n) is 28.0. The quantitative estimate of drug-likeness (QED) is 0.244. The van der Waals surface area contributed by atoms with Crippen LogP contribution >= 0.6 is 10.9 Å². The number of halogens is 5. The predicted octanol–water partition coefficient (Wildman–Crippen LogP) is 6.44. The van der Waals surface area contributed by atoms with Crippen LogP contribution in [0.5, 0.6) is 6.01 Å². The summed E-state index contributed by atoms with van der Waals surface area (Å²) >= 11 is 0. The van der Waals surface area contributed by atoms with Crippen molar-refractivity contribution in [1.29, 1.82) is 0 Å². The zero-order chi connectivity index (χ0) is 35.5. The number of amides is 1. The number of piperazine rings is 1. The second kappa shape index (κ2) is 12.9. The van der Waals surface area contributed by atoms with Crippen molar-refractivity contribution >= 4 is 33.7 Å². The average Bonchev–Trinajstić information content (AvgIpc) is 3.15. The van der Waals surface area contributed by atoms with Crippen molar-refractivity contribution in [3.8, 4) is 6.01 Å². The van der Waals surface area contributed by atoms with E-state index in [1.807, 2.05) is 13.8 Å². The number of hydrogen-bond acceptors (Lipinski definition) is 8. The summed E-state index contributed by atoms with van der Waals surface area (Å²) in [4.78, 5) is 43.4. The summed E-state index contributed by atoms with van der Waals surface area (Å²) in [5.74, 6) is -2.53. The molecule has 10 nitrogen and oxygen atoms in total. The van der Waals surface area contributed by atoms with E-state index < -0.39 is 64.1 Å². The van der Waals surface area contributed by atoms with Crippen LogP contribution in [0.1, 0.15) is 65.9 Å². The number of ether oxygens (including phenoxy) is 2. The SMILES string of the molecule is C[C@@H]1CN(c2nc(=O)n3c4c(cc(C(F)(F)F)cc24)[SH](C2CCC(F)(F)CC2)C[C@@H](Oc2ncccn2)C3)C[C@H](C)N1C(=O)OC(C)(C)C. The maximum Gasteiger partial charge on any atom is 0.416 e.